The molecule has 0 aromatic heterocycles. The van der Waals surface area contributed by atoms with E-state index >= 15 is 0 Å². The smallest absolute Gasteiger partial charge is 0.411 e. The van der Waals surface area contributed by atoms with E-state index in [2.05, 4.69) is 30.1 Å². The van der Waals surface area contributed by atoms with Crippen LogP contribution >= 0.6 is 0 Å². The van der Waals surface area contributed by atoms with Crippen molar-refractivity contribution in [1.29, 1.82) is 0 Å². The summed E-state index contributed by atoms with van der Waals surface area (Å²) < 4.78 is 4.93. The zero-order chi connectivity index (χ0) is 27.8. The number of benzene rings is 4. The molecule has 0 heterocycles. The van der Waals surface area contributed by atoms with E-state index in [9.17, 15) is 9.59 Å². The highest BCUT2D eigenvalue weighted by atomic mass is 16.5. The van der Waals surface area contributed by atoms with Gasteiger partial charge < -0.3 is 20.1 Å². The van der Waals surface area contributed by atoms with Crippen molar-refractivity contribution in [3.63, 3.8) is 0 Å². The lowest BCUT2D eigenvalue weighted by Crippen LogP contribution is -2.14. The molecule has 0 unspecified atom stereocenters. The molecule has 1 aliphatic rings. The summed E-state index contributed by atoms with van der Waals surface area (Å²) in [5.74, 6) is -0.338. The van der Waals surface area contributed by atoms with Gasteiger partial charge in [-0.05, 0) is 59.5 Å². The number of fused-ring (bicyclic) bond motifs is 3. The molecule has 0 saturated carbocycles. The van der Waals surface area contributed by atoms with E-state index in [0.29, 0.717) is 18.1 Å². The molecule has 0 spiro atoms. The minimum atomic E-state index is -0.981. The fourth-order valence-corrected chi connectivity index (χ4v) is 3.41. The van der Waals surface area contributed by atoms with Crippen molar-refractivity contribution in [3.05, 3.63) is 127 Å². The predicted octanol–water partition coefficient (Wildman–Crippen LogP) is 6.87. The van der Waals surface area contributed by atoms with Gasteiger partial charge >= 0.3 is 12.1 Å². The fraction of sp³-hybridized carbons (Fsp3) is 0.0968. The molecule has 1 aliphatic carbocycles. The second-order valence-corrected chi connectivity index (χ2v) is 7.72. The Labute approximate surface area is 222 Å². The molecule has 7 nitrogen and oxygen atoms in total. The summed E-state index contributed by atoms with van der Waals surface area (Å²) in [7, 11) is 0. The van der Waals surface area contributed by atoms with Gasteiger partial charge in [0.25, 0.3) is 0 Å². The number of carboxylic acid groups (broad SMARTS) is 1. The average Bonchev–Trinajstić information content (AvgIpc) is 3.31. The third-order valence-electron chi connectivity index (χ3n) is 5.05. The number of carbonyl (C=O) groups excluding carboxylic acids is 1. The molecule has 7 heteroatoms. The number of phenolic OH excluding ortho intramolecular Hbond substituents is 2. The van der Waals surface area contributed by atoms with E-state index in [1.807, 2.05) is 36.4 Å². The van der Waals surface area contributed by atoms with Crippen molar-refractivity contribution in [2.45, 2.75) is 13.3 Å². The number of nitrogens with one attached hydrogen (secondary N) is 1. The lowest BCUT2D eigenvalue weighted by molar-refractivity contribution is -0.131. The van der Waals surface area contributed by atoms with Crippen LogP contribution in [0.5, 0.6) is 11.5 Å². The molecular weight excluding hydrogens is 482 g/mol. The second kappa shape index (κ2) is 15.9. The van der Waals surface area contributed by atoms with Crippen LogP contribution in [0.25, 0.3) is 11.1 Å². The zero-order valence-corrected chi connectivity index (χ0v) is 21.1. The van der Waals surface area contributed by atoms with Gasteiger partial charge in [0.15, 0.2) is 0 Å². The first-order valence-electron chi connectivity index (χ1n) is 11.8. The van der Waals surface area contributed by atoms with Gasteiger partial charge in [-0.3, -0.25) is 5.32 Å². The van der Waals surface area contributed by atoms with Crippen LogP contribution in [0.2, 0.25) is 0 Å². The number of carbonyl (C=O) groups is 2. The highest BCUT2D eigenvalue weighted by Crippen LogP contribution is 2.39. The van der Waals surface area contributed by atoms with Crippen molar-refractivity contribution in [1.82, 2.24) is 0 Å². The van der Waals surface area contributed by atoms with Crippen LogP contribution in [0.3, 0.4) is 0 Å². The largest absolute Gasteiger partial charge is 0.508 e. The van der Waals surface area contributed by atoms with Crippen LogP contribution in [-0.4, -0.2) is 34.0 Å². The van der Waals surface area contributed by atoms with Gasteiger partial charge in [-0.15, -0.1) is 0 Å². The van der Waals surface area contributed by atoms with E-state index in [-0.39, 0.29) is 0 Å². The Hall–Kier alpha value is -5.04. The second-order valence-electron chi connectivity index (χ2n) is 7.72. The lowest BCUT2D eigenvalue weighted by atomic mass is 10.1. The van der Waals surface area contributed by atoms with Crippen molar-refractivity contribution >= 4 is 17.7 Å². The molecule has 0 aliphatic heterocycles. The van der Waals surface area contributed by atoms with Gasteiger partial charge in [-0.2, -0.15) is 0 Å². The van der Waals surface area contributed by atoms with Crippen LogP contribution < -0.4 is 5.32 Å². The number of carboxylic acids is 1. The van der Waals surface area contributed by atoms with E-state index in [0.717, 1.165) is 23.7 Å². The maximum Gasteiger partial charge on any atom is 0.411 e. The minimum Gasteiger partial charge on any atom is -0.508 e. The Balaban J connectivity index is 0.000000218. The predicted molar refractivity (Wildman–Crippen MR) is 149 cm³/mol. The first-order chi connectivity index (χ1) is 18.3. The number of aromatic hydroxyl groups is 2. The van der Waals surface area contributed by atoms with Crippen molar-refractivity contribution in [3.8, 4) is 22.6 Å². The SMILES string of the molecule is C=CC(=O)O.CCOC(=O)Nc1cccc2c1Cc1ccccc1-2.Oc1ccccc1.Oc1ccccc1. The number of anilines is 1. The third kappa shape index (κ3) is 9.91. The number of hydrogen-bond donors (Lipinski definition) is 4. The molecule has 38 heavy (non-hydrogen) atoms. The number of amides is 1. The summed E-state index contributed by atoms with van der Waals surface area (Å²) in [5, 5.41) is 27.7. The summed E-state index contributed by atoms with van der Waals surface area (Å²) in [6.45, 7) is 5.13. The normalized spacial score (nSPS) is 9.82. The van der Waals surface area contributed by atoms with Gasteiger partial charge in [0, 0.05) is 18.2 Å². The Morgan fingerprint density at radius 2 is 1.32 bits per heavy atom. The summed E-state index contributed by atoms with van der Waals surface area (Å²) in [6, 6.07) is 31.7. The van der Waals surface area contributed by atoms with E-state index in [4.69, 9.17) is 20.1 Å². The highest BCUT2D eigenvalue weighted by Gasteiger charge is 2.21. The summed E-state index contributed by atoms with van der Waals surface area (Å²) in [6.07, 6.45) is 1.29. The molecule has 5 rings (SSSR count). The Morgan fingerprint density at radius 1 is 0.816 bits per heavy atom. The third-order valence-corrected chi connectivity index (χ3v) is 5.05. The molecule has 1 amide bonds. The highest BCUT2D eigenvalue weighted by molar-refractivity contribution is 5.90. The molecule has 4 aromatic rings. The minimum absolute atomic E-state index is 0.322. The quantitative estimate of drug-likeness (QED) is 0.196. The molecule has 0 saturated heterocycles. The monoisotopic (exact) mass is 513 g/mol. The molecule has 0 atom stereocenters. The molecule has 4 N–H and O–H groups in total. The Bertz CT molecular complexity index is 1270. The Morgan fingerprint density at radius 3 is 1.79 bits per heavy atom. The maximum absolute atomic E-state index is 11.6. The average molecular weight is 514 g/mol. The van der Waals surface area contributed by atoms with Crippen molar-refractivity contribution in [2.75, 3.05) is 11.9 Å². The first kappa shape index (κ1) is 29.2. The molecule has 4 aromatic carbocycles. The number of phenols is 2. The summed E-state index contributed by atoms with van der Waals surface area (Å²) in [4.78, 5) is 20.8. The van der Waals surface area contributed by atoms with Gasteiger partial charge in [0.05, 0.1) is 6.61 Å². The number of hydrogen-bond acceptors (Lipinski definition) is 5. The fourth-order valence-electron chi connectivity index (χ4n) is 3.41. The van der Waals surface area contributed by atoms with Crippen molar-refractivity contribution < 1.29 is 29.6 Å². The standard InChI is InChI=1S/C16H15NO2.2C6H6O.C3H4O2/c1-2-19-16(18)17-15-9-5-8-13-12-7-4-3-6-11(12)10-14(13)15;2*7-6-4-2-1-3-5-6;1-2-3(4)5/h3-9H,2,10H2,1H3,(H,17,18);2*1-5,7H;2H,1H2,(H,4,5). The topological polar surface area (TPSA) is 116 Å². The summed E-state index contributed by atoms with van der Waals surface area (Å²) in [5.41, 5.74) is 5.76. The molecule has 0 fully saturated rings. The molecule has 196 valence electrons. The number of para-hydroxylation sites is 2. The van der Waals surface area contributed by atoms with Crippen molar-refractivity contribution in [2.24, 2.45) is 0 Å². The van der Waals surface area contributed by atoms with Crippen LogP contribution in [0.1, 0.15) is 18.1 Å². The molecule has 0 radical (unpaired) electrons. The van der Waals surface area contributed by atoms with Gasteiger partial charge in [0.1, 0.15) is 11.5 Å². The van der Waals surface area contributed by atoms with E-state index < -0.39 is 12.1 Å². The Kier molecular flexibility index (Phi) is 12.2. The van der Waals surface area contributed by atoms with E-state index in [1.165, 1.54) is 16.7 Å². The molecular formula is C31H31NO6. The zero-order valence-electron chi connectivity index (χ0n) is 21.1. The first-order valence-corrected chi connectivity index (χ1v) is 11.8. The van der Waals surface area contributed by atoms with Crippen LogP contribution in [-0.2, 0) is 16.0 Å². The van der Waals surface area contributed by atoms with Gasteiger partial charge in [0.2, 0.25) is 0 Å². The summed E-state index contributed by atoms with van der Waals surface area (Å²) >= 11 is 0. The number of rotatable bonds is 3. The van der Waals surface area contributed by atoms with Crippen LogP contribution in [0, 0.1) is 0 Å². The maximum atomic E-state index is 11.6. The molecule has 0 bridgehead atoms. The van der Waals surface area contributed by atoms with Gasteiger partial charge in [-0.1, -0.05) is 79.4 Å². The number of ether oxygens (including phenoxy) is 1. The van der Waals surface area contributed by atoms with E-state index in [1.54, 1.807) is 55.5 Å². The van der Waals surface area contributed by atoms with Crippen LogP contribution in [0.4, 0.5) is 10.5 Å². The lowest BCUT2D eigenvalue weighted by Gasteiger charge is -2.10. The number of aliphatic carboxylic acids is 1. The van der Waals surface area contributed by atoms with Gasteiger partial charge in [-0.25, -0.2) is 9.59 Å². The van der Waals surface area contributed by atoms with Crippen LogP contribution in [0.15, 0.2) is 116 Å².